The number of rotatable bonds is 6. The minimum atomic E-state index is -4.47. The van der Waals surface area contributed by atoms with Crippen LogP contribution in [0.25, 0.3) is 0 Å². The quantitative estimate of drug-likeness (QED) is 0.671. The Labute approximate surface area is 153 Å². The first-order chi connectivity index (χ1) is 13.0. The molecule has 0 unspecified atom stereocenters. The Hall–Kier alpha value is -3.36. The van der Waals surface area contributed by atoms with Gasteiger partial charge in [-0.1, -0.05) is 24.3 Å². The molecule has 0 saturated carbocycles. The number of nitrogens with one attached hydrogen (secondary N) is 2. The van der Waals surface area contributed by atoms with E-state index in [-0.39, 0.29) is 17.5 Å². The lowest BCUT2D eigenvalue weighted by molar-refractivity contribution is -0.136. The van der Waals surface area contributed by atoms with Gasteiger partial charge < -0.3 is 15.4 Å². The summed E-state index contributed by atoms with van der Waals surface area (Å²) in [5, 5.41) is 13.2. The van der Waals surface area contributed by atoms with Gasteiger partial charge in [-0.2, -0.15) is 23.3 Å². The van der Waals surface area contributed by atoms with Crippen molar-refractivity contribution in [3.8, 4) is 5.75 Å². The molecule has 2 aromatic carbocycles. The predicted octanol–water partition coefficient (Wildman–Crippen LogP) is 4.25. The van der Waals surface area contributed by atoms with Gasteiger partial charge in [-0.05, 0) is 29.8 Å². The lowest BCUT2D eigenvalue weighted by Gasteiger charge is -2.14. The van der Waals surface area contributed by atoms with E-state index in [9.17, 15) is 13.2 Å². The third-order valence-corrected chi connectivity index (χ3v) is 3.66. The van der Waals surface area contributed by atoms with Crippen LogP contribution in [0.2, 0.25) is 0 Å². The number of ether oxygens (including phenoxy) is 1. The van der Waals surface area contributed by atoms with Crippen LogP contribution in [0.1, 0.15) is 11.1 Å². The van der Waals surface area contributed by atoms with Crippen LogP contribution in [0.5, 0.6) is 5.75 Å². The Bertz CT molecular complexity index is 900. The van der Waals surface area contributed by atoms with Crippen molar-refractivity contribution in [3.63, 3.8) is 0 Å². The van der Waals surface area contributed by atoms with Gasteiger partial charge in [-0.15, -0.1) is 5.10 Å². The first-order valence-electron chi connectivity index (χ1n) is 7.95. The lowest BCUT2D eigenvalue weighted by Crippen LogP contribution is -2.10. The van der Waals surface area contributed by atoms with Crippen molar-refractivity contribution >= 4 is 17.5 Å². The summed E-state index contributed by atoms with van der Waals surface area (Å²) in [6.07, 6.45) is -3.22. The van der Waals surface area contributed by atoms with Crippen LogP contribution in [-0.2, 0) is 12.7 Å². The van der Waals surface area contributed by atoms with Crippen molar-refractivity contribution in [2.75, 3.05) is 17.7 Å². The van der Waals surface area contributed by atoms with Gasteiger partial charge in [-0.3, -0.25) is 0 Å². The van der Waals surface area contributed by atoms with Crippen molar-refractivity contribution in [3.05, 3.63) is 65.9 Å². The normalized spacial score (nSPS) is 11.1. The second-order valence-corrected chi connectivity index (χ2v) is 5.54. The van der Waals surface area contributed by atoms with E-state index in [0.717, 1.165) is 17.4 Å². The van der Waals surface area contributed by atoms with Crippen LogP contribution in [0.3, 0.4) is 0 Å². The maximum Gasteiger partial charge on any atom is 0.418 e. The number of methoxy groups -OCH3 is 1. The van der Waals surface area contributed by atoms with Gasteiger partial charge in [0.15, 0.2) is 5.82 Å². The van der Waals surface area contributed by atoms with Crippen LogP contribution >= 0.6 is 0 Å². The molecule has 0 atom stereocenters. The zero-order chi connectivity index (χ0) is 19.3. The van der Waals surface area contributed by atoms with Gasteiger partial charge in [0.1, 0.15) is 5.75 Å². The third-order valence-electron chi connectivity index (χ3n) is 3.66. The highest BCUT2D eigenvalue weighted by Crippen LogP contribution is 2.35. The van der Waals surface area contributed by atoms with Crippen LogP contribution in [0.4, 0.5) is 30.6 Å². The monoisotopic (exact) mass is 375 g/mol. The molecule has 6 nitrogen and oxygen atoms in total. The largest absolute Gasteiger partial charge is 0.497 e. The van der Waals surface area contributed by atoms with Crippen LogP contribution < -0.4 is 15.4 Å². The third kappa shape index (κ3) is 4.84. The van der Waals surface area contributed by atoms with Crippen molar-refractivity contribution in [2.24, 2.45) is 0 Å². The van der Waals surface area contributed by atoms with E-state index >= 15 is 0 Å². The number of anilines is 3. The molecule has 140 valence electrons. The number of para-hydroxylation sites is 1. The maximum absolute atomic E-state index is 13.1. The molecule has 9 heteroatoms. The fourth-order valence-corrected chi connectivity index (χ4v) is 2.34. The Kier molecular flexibility index (Phi) is 5.39. The molecule has 3 aromatic rings. The molecule has 0 spiro atoms. The van der Waals surface area contributed by atoms with Crippen molar-refractivity contribution < 1.29 is 17.9 Å². The lowest BCUT2D eigenvalue weighted by atomic mass is 10.1. The molecule has 0 saturated heterocycles. The number of nitrogens with zero attached hydrogens (tertiary/aromatic N) is 3. The number of hydrogen-bond acceptors (Lipinski definition) is 6. The highest BCUT2D eigenvalue weighted by Gasteiger charge is 2.33. The van der Waals surface area contributed by atoms with Crippen molar-refractivity contribution in [1.29, 1.82) is 0 Å². The van der Waals surface area contributed by atoms with E-state index in [2.05, 4.69) is 25.8 Å². The molecule has 0 aliphatic carbocycles. The van der Waals surface area contributed by atoms with Crippen molar-refractivity contribution in [1.82, 2.24) is 15.2 Å². The summed E-state index contributed by atoms with van der Waals surface area (Å²) in [5.41, 5.74) is 0.0723. The first kappa shape index (κ1) is 18.4. The summed E-state index contributed by atoms with van der Waals surface area (Å²) < 4.78 is 44.3. The summed E-state index contributed by atoms with van der Waals surface area (Å²) in [7, 11) is 1.59. The topological polar surface area (TPSA) is 72.0 Å². The average molecular weight is 375 g/mol. The predicted molar refractivity (Wildman–Crippen MR) is 94.9 cm³/mol. The SMILES string of the molecule is COc1ccc(CNc2nncc(Nc3ccccc3C(F)(F)F)n2)cc1. The number of halogens is 3. The van der Waals surface area contributed by atoms with Gasteiger partial charge in [-0.25, -0.2) is 0 Å². The van der Waals surface area contributed by atoms with E-state index < -0.39 is 11.7 Å². The summed E-state index contributed by atoms with van der Waals surface area (Å²) >= 11 is 0. The molecule has 0 aliphatic heterocycles. The second-order valence-electron chi connectivity index (χ2n) is 5.54. The molecular formula is C18H16F3N5O. The van der Waals surface area contributed by atoms with E-state index in [0.29, 0.717) is 6.54 Å². The molecule has 27 heavy (non-hydrogen) atoms. The Morgan fingerprint density at radius 2 is 1.78 bits per heavy atom. The molecule has 0 bridgehead atoms. The van der Waals surface area contributed by atoms with E-state index in [1.807, 2.05) is 24.3 Å². The van der Waals surface area contributed by atoms with Crippen LogP contribution in [-0.4, -0.2) is 22.3 Å². The Morgan fingerprint density at radius 1 is 1.04 bits per heavy atom. The zero-order valence-electron chi connectivity index (χ0n) is 14.3. The van der Waals surface area contributed by atoms with Gasteiger partial charge in [0, 0.05) is 6.54 Å². The fourth-order valence-electron chi connectivity index (χ4n) is 2.34. The van der Waals surface area contributed by atoms with E-state index in [1.54, 1.807) is 7.11 Å². The summed E-state index contributed by atoms with van der Waals surface area (Å²) in [6.45, 7) is 0.425. The standard InChI is InChI=1S/C18H16F3N5O/c1-27-13-8-6-12(7-9-13)10-22-17-25-16(11-23-26-17)24-15-5-3-2-4-14(15)18(19,20)21/h2-9,11H,10H2,1H3,(H2,22,24,25,26). The molecule has 0 amide bonds. The molecule has 0 radical (unpaired) electrons. The first-order valence-corrected chi connectivity index (χ1v) is 7.95. The second kappa shape index (κ2) is 7.90. The van der Waals surface area contributed by atoms with Crippen molar-refractivity contribution in [2.45, 2.75) is 12.7 Å². The molecule has 0 fully saturated rings. The minimum Gasteiger partial charge on any atom is -0.497 e. The van der Waals surface area contributed by atoms with Crippen LogP contribution in [0.15, 0.2) is 54.7 Å². The molecule has 2 N–H and O–H groups in total. The van der Waals surface area contributed by atoms with Gasteiger partial charge in [0.25, 0.3) is 0 Å². The minimum absolute atomic E-state index is 0.105. The molecule has 1 aromatic heterocycles. The van der Waals surface area contributed by atoms with E-state index in [4.69, 9.17) is 4.74 Å². The van der Waals surface area contributed by atoms with E-state index in [1.165, 1.54) is 24.4 Å². The zero-order valence-corrected chi connectivity index (χ0v) is 14.3. The number of benzene rings is 2. The maximum atomic E-state index is 13.1. The molecule has 1 heterocycles. The molecule has 0 aliphatic rings. The number of hydrogen-bond donors (Lipinski definition) is 2. The summed E-state index contributed by atoms with van der Waals surface area (Å²) in [4.78, 5) is 4.15. The Morgan fingerprint density at radius 3 is 2.48 bits per heavy atom. The molecule has 3 rings (SSSR count). The van der Waals surface area contributed by atoms with Gasteiger partial charge in [0.2, 0.25) is 5.95 Å². The summed E-state index contributed by atoms with van der Waals surface area (Å²) in [5.74, 6) is 1.09. The van der Waals surface area contributed by atoms with Gasteiger partial charge in [0.05, 0.1) is 24.6 Å². The highest BCUT2D eigenvalue weighted by atomic mass is 19.4. The molecular weight excluding hydrogens is 359 g/mol. The smallest absolute Gasteiger partial charge is 0.418 e. The highest BCUT2D eigenvalue weighted by molar-refractivity contribution is 5.61. The van der Waals surface area contributed by atoms with Crippen LogP contribution in [0, 0.1) is 0 Å². The fraction of sp³-hybridized carbons (Fsp3) is 0.167. The Balaban J connectivity index is 1.71. The summed E-state index contributed by atoms with van der Waals surface area (Å²) in [6, 6.07) is 12.6. The number of aromatic nitrogens is 3. The van der Waals surface area contributed by atoms with Gasteiger partial charge >= 0.3 is 6.18 Å². The average Bonchev–Trinajstić information content (AvgIpc) is 2.67. The number of alkyl halides is 3.